The highest BCUT2D eigenvalue weighted by Gasteiger charge is 2.43. The Kier molecular flexibility index (Phi) is 9.23. The Morgan fingerprint density at radius 2 is 1.76 bits per heavy atom. The Labute approximate surface area is 207 Å². The third-order valence-electron chi connectivity index (χ3n) is 7.42. The minimum Gasteiger partial charge on any atom is -0.598 e. The monoisotopic (exact) mass is 522 g/mol. The topological polar surface area (TPSA) is 64.6 Å². The number of halogens is 4. The second-order valence-corrected chi connectivity index (χ2v) is 11.8. The van der Waals surface area contributed by atoms with Gasteiger partial charge in [0.1, 0.15) is 5.75 Å². The summed E-state index contributed by atoms with van der Waals surface area (Å²) >= 11 is 4.34. The van der Waals surface area contributed by atoms with E-state index in [1.54, 1.807) is 16.7 Å². The van der Waals surface area contributed by atoms with E-state index < -0.39 is 24.0 Å². The van der Waals surface area contributed by atoms with Crippen LogP contribution >= 0.6 is 11.6 Å². The minimum absolute atomic E-state index is 0.332. The predicted octanol–water partition coefficient (Wildman–Crippen LogP) is 4.72. The van der Waals surface area contributed by atoms with Gasteiger partial charge >= 0.3 is 6.18 Å². The summed E-state index contributed by atoms with van der Waals surface area (Å²) in [4.78, 5) is 10.9. The zero-order valence-corrected chi connectivity index (χ0v) is 21.0. The fraction of sp³-hybridized carbons (Fsp3) is 0.826. The lowest BCUT2D eigenvalue weighted by molar-refractivity contribution is -0.130. The van der Waals surface area contributed by atoms with Gasteiger partial charge in [0.05, 0.1) is 23.8 Å². The number of piperidine rings is 2. The van der Waals surface area contributed by atoms with Gasteiger partial charge in [0, 0.05) is 50.8 Å². The van der Waals surface area contributed by atoms with Crippen LogP contribution in [-0.2, 0) is 16.1 Å². The highest BCUT2D eigenvalue weighted by Crippen LogP contribution is 2.49. The van der Waals surface area contributed by atoms with E-state index in [4.69, 9.17) is 16.3 Å². The van der Waals surface area contributed by atoms with E-state index in [0.717, 1.165) is 62.7 Å². The van der Waals surface area contributed by atoms with E-state index in [9.17, 15) is 17.7 Å². The van der Waals surface area contributed by atoms with Gasteiger partial charge in [-0.1, -0.05) is 11.6 Å². The van der Waals surface area contributed by atoms with E-state index >= 15 is 0 Å². The first-order valence-corrected chi connectivity index (χ1v) is 13.9. The lowest BCUT2D eigenvalue weighted by Crippen LogP contribution is -2.41. The molecular weight excluding hydrogens is 489 g/mol. The van der Waals surface area contributed by atoms with Crippen LogP contribution in [0.5, 0.6) is 0 Å². The van der Waals surface area contributed by atoms with Crippen LogP contribution in [0, 0.1) is 23.7 Å². The number of ether oxygens (including phenoxy) is 1. The van der Waals surface area contributed by atoms with Crippen molar-refractivity contribution in [3.05, 3.63) is 17.4 Å². The molecular formula is C23H34ClF3N4O2S. The van der Waals surface area contributed by atoms with E-state index in [0.29, 0.717) is 30.6 Å². The Hall–Kier alpha value is -0.810. The lowest BCUT2D eigenvalue weighted by Gasteiger charge is -2.32. The number of aromatic nitrogens is 2. The molecule has 4 rings (SSSR count). The van der Waals surface area contributed by atoms with Crippen molar-refractivity contribution in [2.45, 2.75) is 51.1 Å². The number of alkyl halides is 3. The zero-order chi connectivity index (χ0) is 24.1. The number of hydrogen-bond acceptors (Lipinski definition) is 6. The number of nitrogens with zero attached hydrogens (tertiary/aromatic N) is 4. The Balaban J connectivity index is 1.04. The van der Waals surface area contributed by atoms with Gasteiger partial charge in [-0.25, -0.2) is 9.97 Å². The number of rotatable bonds is 10. The SMILES string of the molecule is [O-][S+](CCC(F)(F)F)N1CCC(COCCC2CC2C2CCN(c3ncc(Cl)cn3)CC2)CC1. The Morgan fingerprint density at radius 1 is 1.09 bits per heavy atom. The van der Waals surface area contributed by atoms with Crippen LogP contribution in [0.25, 0.3) is 0 Å². The van der Waals surface area contributed by atoms with Crippen molar-refractivity contribution in [1.82, 2.24) is 14.3 Å². The number of hydrogen-bond donors (Lipinski definition) is 0. The maximum Gasteiger partial charge on any atom is 0.393 e. The van der Waals surface area contributed by atoms with Crippen LogP contribution in [0.15, 0.2) is 12.4 Å². The first-order valence-electron chi connectivity index (χ1n) is 12.3. The molecule has 192 valence electrons. The summed E-state index contributed by atoms with van der Waals surface area (Å²) in [6.45, 7) is 4.62. The highest BCUT2D eigenvalue weighted by molar-refractivity contribution is 7.89. The van der Waals surface area contributed by atoms with Gasteiger partial charge in [0.2, 0.25) is 5.95 Å². The van der Waals surface area contributed by atoms with Crippen molar-refractivity contribution in [2.24, 2.45) is 23.7 Å². The van der Waals surface area contributed by atoms with Crippen LogP contribution in [0.3, 0.4) is 0 Å². The molecule has 1 aromatic rings. The van der Waals surface area contributed by atoms with Gasteiger partial charge in [0.15, 0.2) is 0 Å². The van der Waals surface area contributed by atoms with Gasteiger partial charge < -0.3 is 14.2 Å². The summed E-state index contributed by atoms with van der Waals surface area (Å²) in [6, 6.07) is 0. The van der Waals surface area contributed by atoms with Crippen molar-refractivity contribution in [1.29, 1.82) is 0 Å². The average Bonchev–Trinajstić information content (AvgIpc) is 3.60. The third-order valence-corrected chi connectivity index (χ3v) is 9.11. The smallest absolute Gasteiger partial charge is 0.393 e. The molecule has 11 heteroatoms. The van der Waals surface area contributed by atoms with Gasteiger partial charge in [-0.15, -0.1) is 4.31 Å². The molecule has 0 bridgehead atoms. The van der Waals surface area contributed by atoms with Gasteiger partial charge in [0.25, 0.3) is 0 Å². The summed E-state index contributed by atoms with van der Waals surface area (Å²) in [5, 5.41) is 0.559. The van der Waals surface area contributed by atoms with Crippen molar-refractivity contribution < 1.29 is 22.5 Å². The van der Waals surface area contributed by atoms with Crippen LogP contribution in [0.4, 0.5) is 19.1 Å². The van der Waals surface area contributed by atoms with Crippen molar-refractivity contribution in [2.75, 3.05) is 50.0 Å². The van der Waals surface area contributed by atoms with Crippen LogP contribution in [0.2, 0.25) is 5.02 Å². The fourth-order valence-electron chi connectivity index (χ4n) is 5.27. The standard InChI is InChI=1S/C23H34ClF3N4O2S/c24-20-14-28-22(29-15-20)30-7-3-18(4-8-30)21-13-19(21)5-11-33-16-17-1-9-31(10-2-17)34(32)12-6-23(25,26)27/h14-15,17-19,21H,1-13,16H2. The molecule has 6 nitrogen and oxygen atoms in total. The molecule has 0 amide bonds. The second-order valence-electron chi connectivity index (χ2n) is 9.81. The van der Waals surface area contributed by atoms with Crippen LogP contribution in [0.1, 0.15) is 44.9 Å². The molecule has 1 aliphatic carbocycles. The highest BCUT2D eigenvalue weighted by atomic mass is 35.5. The minimum atomic E-state index is -4.24. The van der Waals surface area contributed by atoms with Crippen LogP contribution < -0.4 is 4.90 Å². The van der Waals surface area contributed by atoms with Crippen molar-refractivity contribution in [3.63, 3.8) is 0 Å². The molecule has 3 atom stereocenters. The molecule has 1 aromatic heterocycles. The second kappa shape index (κ2) is 12.0. The molecule has 3 unspecified atom stereocenters. The van der Waals surface area contributed by atoms with Crippen molar-refractivity contribution in [3.8, 4) is 0 Å². The molecule has 1 saturated carbocycles. The van der Waals surface area contributed by atoms with E-state index in [2.05, 4.69) is 14.9 Å². The molecule has 2 saturated heterocycles. The summed E-state index contributed by atoms with van der Waals surface area (Å²) in [5.74, 6) is 3.19. The van der Waals surface area contributed by atoms with E-state index in [1.807, 2.05) is 0 Å². The fourth-order valence-corrected chi connectivity index (χ4v) is 6.65. The van der Waals surface area contributed by atoms with E-state index in [1.165, 1.54) is 19.3 Å². The number of anilines is 1. The molecule has 3 fully saturated rings. The normalized spacial score (nSPS) is 26.1. The summed E-state index contributed by atoms with van der Waals surface area (Å²) in [5.41, 5.74) is 0. The molecule has 0 aromatic carbocycles. The van der Waals surface area contributed by atoms with Crippen molar-refractivity contribution >= 4 is 28.9 Å². The summed E-state index contributed by atoms with van der Waals surface area (Å²) < 4.78 is 56.6. The molecule has 2 aliphatic heterocycles. The first-order chi connectivity index (χ1) is 16.3. The first kappa shape index (κ1) is 26.3. The lowest BCUT2D eigenvalue weighted by atomic mass is 9.90. The van der Waals surface area contributed by atoms with E-state index in [-0.39, 0.29) is 5.75 Å². The van der Waals surface area contributed by atoms with Gasteiger partial charge in [-0.2, -0.15) is 13.2 Å². The van der Waals surface area contributed by atoms with Gasteiger partial charge in [-0.3, -0.25) is 0 Å². The summed E-state index contributed by atoms with van der Waals surface area (Å²) in [7, 11) is 0. The molecule has 3 aliphatic rings. The molecule has 0 spiro atoms. The van der Waals surface area contributed by atoms with Gasteiger partial charge in [-0.05, 0) is 62.2 Å². The average molecular weight is 523 g/mol. The molecule has 34 heavy (non-hydrogen) atoms. The molecule has 0 radical (unpaired) electrons. The summed E-state index contributed by atoms with van der Waals surface area (Å²) in [6.07, 6.45) is 4.49. The third kappa shape index (κ3) is 7.85. The maximum absolute atomic E-state index is 12.3. The van der Waals surface area contributed by atoms with Crippen LogP contribution in [-0.4, -0.2) is 70.1 Å². The largest absolute Gasteiger partial charge is 0.598 e. The Morgan fingerprint density at radius 3 is 2.41 bits per heavy atom. The predicted molar refractivity (Wildman–Crippen MR) is 127 cm³/mol. The maximum atomic E-state index is 12.3. The zero-order valence-electron chi connectivity index (χ0n) is 19.4. The molecule has 3 heterocycles. The molecule has 0 N–H and O–H groups in total. The quantitative estimate of drug-likeness (QED) is 0.327. The Bertz CT molecular complexity index is 760.